The number of ketones is 1. The Morgan fingerprint density at radius 3 is 3.00 bits per heavy atom. The quantitative estimate of drug-likeness (QED) is 0.402. The summed E-state index contributed by atoms with van der Waals surface area (Å²) in [6, 6.07) is 0. The highest BCUT2D eigenvalue weighted by atomic mass is 16.5. The molecular formula is C10H12N2O2. The van der Waals surface area contributed by atoms with Gasteiger partial charge in [0.25, 0.3) is 0 Å². The van der Waals surface area contributed by atoms with Gasteiger partial charge in [0.1, 0.15) is 12.2 Å². The molecule has 0 radical (unpaired) electrons. The lowest BCUT2D eigenvalue weighted by Crippen LogP contribution is -1.99. The lowest BCUT2D eigenvalue weighted by atomic mass is 10.2. The SMILES string of the molecule is C=CCOc1nn(C)cc1C(=O)C=C. The third kappa shape index (κ3) is 2.10. The van der Waals surface area contributed by atoms with Crippen LogP contribution in [0.3, 0.4) is 0 Å². The van der Waals surface area contributed by atoms with Gasteiger partial charge in [0, 0.05) is 13.2 Å². The highest BCUT2D eigenvalue weighted by Crippen LogP contribution is 2.16. The molecule has 0 aliphatic rings. The van der Waals surface area contributed by atoms with Crippen LogP contribution in [0, 0.1) is 0 Å². The Morgan fingerprint density at radius 2 is 2.43 bits per heavy atom. The molecule has 0 aromatic carbocycles. The number of nitrogens with zero attached hydrogens (tertiary/aromatic N) is 2. The second-order valence-electron chi connectivity index (χ2n) is 2.69. The Labute approximate surface area is 82.5 Å². The molecule has 0 amide bonds. The number of aryl methyl sites for hydroxylation is 1. The van der Waals surface area contributed by atoms with E-state index < -0.39 is 0 Å². The molecule has 1 rings (SSSR count). The fraction of sp³-hybridized carbons (Fsp3) is 0.200. The fourth-order valence-electron chi connectivity index (χ4n) is 0.991. The van der Waals surface area contributed by atoms with E-state index >= 15 is 0 Å². The predicted molar refractivity (Wildman–Crippen MR) is 53.4 cm³/mol. The van der Waals surface area contributed by atoms with Crippen LogP contribution >= 0.6 is 0 Å². The molecule has 0 aliphatic carbocycles. The molecule has 1 aromatic rings. The van der Waals surface area contributed by atoms with Crippen LogP contribution in [0.2, 0.25) is 0 Å². The minimum atomic E-state index is -0.197. The summed E-state index contributed by atoms with van der Waals surface area (Å²) in [5, 5.41) is 4.00. The Kier molecular flexibility index (Phi) is 3.23. The van der Waals surface area contributed by atoms with Crippen molar-refractivity contribution in [3.8, 4) is 5.88 Å². The van der Waals surface area contributed by atoms with Crippen molar-refractivity contribution in [1.82, 2.24) is 9.78 Å². The first kappa shape index (κ1) is 10.2. The maximum absolute atomic E-state index is 11.3. The van der Waals surface area contributed by atoms with Crippen LogP contribution < -0.4 is 4.74 Å². The molecule has 0 spiro atoms. The highest BCUT2D eigenvalue weighted by Gasteiger charge is 2.13. The standard InChI is InChI=1S/C10H12N2O2/c1-4-6-14-10-8(9(13)5-2)7-12(3)11-10/h4-5,7H,1-2,6H2,3H3. The molecule has 14 heavy (non-hydrogen) atoms. The Bertz CT molecular complexity index is 366. The smallest absolute Gasteiger partial charge is 0.244 e. The van der Waals surface area contributed by atoms with E-state index in [1.54, 1.807) is 19.3 Å². The lowest BCUT2D eigenvalue weighted by molar-refractivity contribution is 0.104. The van der Waals surface area contributed by atoms with Crippen LogP contribution in [0.15, 0.2) is 31.5 Å². The summed E-state index contributed by atoms with van der Waals surface area (Å²) in [6.07, 6.45) is 4.43. The van der Waals surface area contributed by atoms with Gasteiger partial charge in [0.2, 0.25) is 5.88 Å². The minimum Gasteiger partial charge on any atom is -0.472 e. The van der Waals surface area contributed by atoms with E-state index in [0.29, 0.717) is 18.1 Å². The van der Waals surface area contributed by atoms with Crippen LogP contribution in [-0.2, 0) is 7.05 Å². The van der Waals surface area contributed by atoms with Gasteiger partial charge in [-0.1, -0.05) is 19.2 Å². The van der Waals surface area contributed by atoms with Gasteiger partial charge in [-0.3, -0.25) is 9.48 Å². The zero-order valence-electron chi connectivity index (χ0n) is 8.06. The number of aromatic nitrogens is 2. The van der Waals surface area contributed by atoms with Crippen LogP contribution in [0.1, 0.15) is 10.4 Å². The molecule has 0 aliphatic heterocycles. The van der Waals surface area contributed by atoms with E-state index in [-0.39, 0.29) is 5.78 Å². The fourth-order valence-corrected chi connectivity index (χ4v) is 0.991. The van der Waals surface area contributed by atoms with Crippen molar-refractivity contribution in [2.24, 2.45) is 7.05 Å². The monoisotopic (exact) mass is 192 g/mol. The molecule has 4 heteroatoms. The van der Waals surface area contributed by atoms with Crippen LogP contribution in [0.4, 0.5) is 0 Å². The van der Waals surface area contributed by atoms with Crippen LogP contribution in [0.25, 0.3) is 0 Å². The number of carbonyl (C=O) groups excluding carboxylic acids is 1. The third-order valence-electron chi connectivity index (χ3n) is 1.58. The molecule has 1 aromatic heterocycles. The second kappa shape index (κ2) is 4.41. The second-order valence-corrected chi connectivity index (χ2v) is 2.69. The molecule has 0 atom stereocenters. The topological polar surface area (TPSA) is 44.1 Å². The first-order valence-electron chi connectivity index (χ1n) is 4.13. The molecule has 74 valence electrons. The largest absolute Gasteiger partial charge is 0.472 e. The molecule has 0 saturated heterocycles. The molecule has 1 heterocycles. The Balaban J connectivity index is 2.95. The highest BCUT2D eigenvalue weighted by molar-refractivity contribution is 6.05. The van der Waals surface area contributed by atoms with E-state index in [9.17, 15) is 4.79 Å². The zero-order valence-corrected chi connectivity index (χ0v) is 8.06. The van der Waals surface area contributed by atoms with Crippen molar-refractivity contribution < 1.29 is 9.53 Å². The molecular weight excluding hydrogens is 180 g/mol. The number of hydrogen-bond donors (Lipinski definition) is 0. The Morgan fingerprint density at radius 1 is 1.71 bits per heavy atom. The van der Waals surface area contributed by atoms with Crippen molar-refractivity contribution in [2.75, 3.05) is 6.61 Å². The zero-order chi connectivity index (χ0) is 10.6. The number of hydrogen-bond acceptors (Lipinski definition) is 3. The summed E-state index contributed by atoms with van der Waals surface area (Å²) < 4.78 is 6.73. The molecule has 0 N–H and O–H groups in total. The van der Waals surface area contributed by atoms with Gasteiger partial charge in [-0.2, -0.15) is 0 Å². The van der Waals surface area contributed by atoms with Crippen molar-refractivity contribution in [2.45, 2.75) is 0 Å². The first-order valence-corrected chi connectivity index (χ1v) is 4.13. The minimum absolute atomic E-state index is 0.197. The summed E-state index contributed by atoms with van der Waals surface area (Å²) in [4.78, 5) is 11.3. The van der Waals surface area contributed by atoms with Gasteiger partial charge in [-0.15, -0.1) is 5.10 Å². The van der Waals surface area contributed by atoms with Crippen molar-refractivity contribution in [3.05, 3.63) is 37.1 Å². The Hall–Kier alpha value is -1.84. The van der Waals surface area contributed by atoms with Gasteiger partial charge in [-0.05, 0) is 6.08 Å². The van der Waals surface area contributed by atoms with Gasteiger partial charge in [0.05, 0.1) is 0 Å². The van der Waals surface area contributed by atoms with E-state index in [4.69, 9.17) is 4.74 Å². The average molecular weight is 192 g/mol. The molecule has 0 unspecified atom stereocenters. The van der Waals surface area contributed by atoms with Crippen molar-refractivity contribution in [3.63, 3.8) is 0 Å². The van der Waals surface area contributed by atoms with E-state index in [0.717, 1.165) is 0 Å². The number of rotatable bonds is 5. The summed E-state index contributed by atoms with van der Waals surface area (Å²) in [5.41, 5.74) is 0.421. The number of allylic oxidation sites excluding steroid dienone is 1. The van der Waals surface area contributed by atoms with E-state index in [1.165, 1.54) is 10.8 Å². The van der Waals surface area contributed by atoms with E-state index in [2.05, 4.69) is 18.3 Å². The van der Waals surface area contributed by atoms with Crippen LogP contribution in [0.5, 0.6) is 5.88 Å². The van der Waals surface area contributed by atoms with Gasteiger partial charge < -0.3 is 4.74 Å². The summed E-state index contributed by atoms with van der Waals surface area (Å²) in [5.74, 6) is 0.120. The normalized spacial score (nSPS) is 9.50. The summed E-state index contributed by atoms with van der Waals surface area (Å²) in [6.45, 7) is 7.25. The maximum Gasteiger partial charge on any atom is 0.244 e. The molecule has 0 saturated carbocycles. The molecule has 0 bridgehead atoms. The molecule has 4 nitrogen and oxygen atoms in total. The first-order chi connectivity index (χ1) is 6.69. The van der Waals surface area contributed by atoms with Gasteiger partial charge in [0.15, 0.2) is 5.78 Å². The third-order valence-corrected chi connectivity index (χ3v) is 1.58. The summed E-state index contributed by atoms with van der Waals surface area (Å²) >= 11 is 0. The van der Waals surface area contributed by atoms with E-state index in [1.807, 2.05) is 0 Å². The lowest BCUT2D eigenvalue weighted by Gasteiger charge is -1.99. The number of ether oxygens (including phenoxy) is 1. The predicted octanol–water partition coefficient (Wildman–Crippen LogP) is 1.35. The van der Waals surface area contributed by atoms with Crippen molar-refractivity contribution >= 4 is 5.78 Å². The average Bonchev–Trinajstić information content (AvgIpc) is 2.55. The van der Waals surface area contributed by atoms with Gasteiger partial charge in [-0.25, -0.2) is 0 Å². The van der Waals surface area contributed by atoms with Crippen molar-refractivity contribution in [1.29, 1.82) is 0 Å². The number of carbonyl (C=O) groups is 1. The van der Waals surface area contributed by atoms with Gasteiger partial charge >= 0.3 is 0 Å². The van der Waals surface area contributed by atoms with Crippen LogP contribution in [-0.4, -0.2) is 22.2 Å². The molecule has 0 fully saturated rings. The maximum atomic E-state index is 11.3. The summed E-state index contributed by atoms with van der Waals surface area (Å²) in [7, 11) is 1.72.